The highest BCUT2D eigenvalue weighted by Crippen LogP contribution is 2.45. The van der Waals surface area contributed by atoms with E-state index in [9.17, 15) is 13.2 Å². The lowest BCUT2D eigenvalue weighted by atomic mass is 10.1. The molecule has 0 amide bonds. The van der Waals surface area contributed by atoms with E-state index in [2.05, 4.69) is 24.9 Å². The molecule has 42 heavy (non-hydrogen) atoms. The number of imidazole rings is 1. The average Bonchev–Trinajstić information content (AvgIpc) is 3.74. The molecule has 1 aliphatic carbocycles. The van der Waals surface area contributed by atoms with Crippen molar-refractivity contribution in [2.24, 2.45) is 0 Å². The first kappa shape index (κ1) is 29.0. The maximum absolute atomic E-state index is 15.3. The Labute approximate surface area is 239 Å². The molecule has 220 valence electrons. The van der Waals surface area contributed by atoms with Gasteiger partial charge < -0.3 is 18.8 Å². The first-order chi connectivity index (χ1) is 20.2. The van der Waals surface area contributed by atoms with Crippen LogP contribution in [0, 0.1) is 5.82 Å². The number of benzene rings is 1. The average molecular weight is 585 g/mol. The van der Waals surface area contributed by atoms with E-state index in [1.165, 1.54) is 43.4 Å². The lowest BCUT2D eigenvalue weighted by Crippen LogP contribution is -2.06. The van der Waals surface area contributed by atoms with Crippen LogP contribution in [0.15, 0.2) is 49.1 Å². The molecule has 1 saturated carbocycles. The fraction of sp³-hybridized carbons (Fsp3) is 0.345. The summed E-state index contributed by atoms with van der Waals surface area (Å²) < 4.78 is 73.5. The maximum atomic E-state index is 15.3. The molecule has 9 nitrogen and oxygen atoms in total. The molecule has 4 aromatic rings. The summed E-state index contributed by atoms with van der Waals surface area (Å²) in [7, 11) is 2.94. The second-order valence-electron chi connectivity index (χ2n) is 9.59. The molecule has 3 heterocycles. The minimum atomic E-state index is -4.66. The minimum Gasteiger partial charge on any atom is -0.490 e. The third-order valence-electron chi connectivity index (χ3n) is 6.65. The normalized spacial score (nSPS) is 13.5. The van der Waals surface area contributed by atoms with Gasteiger partial charge in [-0.2, -0.15) is 18.2 Å². The fourth-order valence-corrected chi connectivity index (χ4v) is 4.43. The first-order valence-corrected chi connectivity index (χ1v) is 13.2. The molecule has 0 spiro atoms. The van der Waals surface area contributed by atoms with Crippen LogP contribution in [0.3, 0.4) is 0 Å². The smallest absolute Gasteiger partial charge is 0.434 e. The molecule has 0 N–H and O–H groups in total. The van der Waals surface area contributed by atoms with Crippen molar-refractivity contribution in [3.63, 3.8) is 0 Å². The zero-order valence-corrected chi connectivity index (χ0v) is 23.2. The Balaban J connectivity index is 1.41. The molecule has 3 aromatic heterocycles. The zero-order valence-electron chi connectivity index (χ0n) is 23.2. The number of rotatable bonds is 11. The predicted octanol–water partition coefficient (Wildman–Crippen LogP) is 6.39. The van der Waals surface area contributed by atoms with Crippen LogP contribution >= 0.6 is 0 Å². The van der Waals surface area contributed by atoms with Crippen LogP contribution in [0.5, 0.6) is 17.5 Å². The summed E-state index contributed by atoms with van der Waals surface area (Å²) in [5.74, 6) is 0.397. The first-order valence-electron chi connectivity index (χ1n) is 13.2. The molecule has 0 radical (unpaired) electrons. The maximum Gasteiger partial charge on any atom is 0.434 e. The third kappa shape index (κ3) is 6.19. The molecule has 5 rings (SSSR count). The summed E-state index contributed by atoms with van der Waals surface area (Å²) >= 11 is 0. The number of aryl methyl sites for hydroxylation is 1. The molecule has 0 atom stereocenters. The van der Waals surface area contributed by atoms with Gasteiger partial charge in [-0.25, -0.2) is 24.3 Å². The molecule has 13 heteroatoms. The highest BCUT2D eigenvalue weighted by molar-refractivity contribution is 5.66. The monoisotopic (exact) mass is 584 g/mol. The lowest BCUT2D eigenvalue weighted by Gasteiger charge is -2.14. The summed E-state index contributed by atoms with van der Waals surface area (Å²) in [6, 6.07) is 4.14. The van der Waals surface area contributed by atoms with Crippen LogP contribution in [-0.4, -0.2) is 43.7 Å². The third-order valence-corrected chi connectivity index (χ3v) is 6.65. The van der Waals surface area contributed by atoms with Gasteiger partial charge in [-0.15, -0.1) is 0 Å². The largest absolute Gasteiger partial charge is 0.490 e. The molecule has 1 fully saturated rings. The van der Waals surface area contributed by atoms with Crippen molar-refractivity contribution in [1.29, 1.82) is 0 Å². The number of alkyl halides is 3. The van der Waals surface area contributed by atoms with E-state index >= 15 is 4.39 Å². The van der Waals surface area contributed by atoms with Crippen LogP contribution in [0.2, 0.25) is 0 Å². The predicted molar refractivity (Wildman–Crippen MR) is 145 cm³/mol. The number of aromatic nitrogens is 6. The molecule has 0 unspecified atom stereocenters. The number of hydrogen-bond acceptors (Lipinski definition) is 8. The van der Waals surface area contributed by atoms with Gasteiger partial charge in [0.2, 0.25) is 5.88 Å². The standard InChI is InChI=1S/C29H28F4N6O3/c1-4-5-6-11-39-14-22(29(31,32)33)37-26(39)19-10-7-17(12-20(19)30)15-42-27-21(40-2)13-34-25(38-27)23-24(18-8-9-18)35-16-36-28(23)41-3/h4-5,7,10,12-14,16,18H,6,8-9,11,15H2,1-3H3/b5-4+. The van der Waals surface area contributed by atoms with Gasteiger partial charge in [0.25, 0.3) is 5.88 Å². The van der Waals surface area contributed by atoms with Crippen LogP contribution in [0.1, 0.15) is 49.1 Å². The van der Waals surface area contributed by atoms with Crippen molar-refractivity contribution in [3.05, 3.63) is 71.8 Å². The number of nitrogens with zero attached hydrogens (tertiary/aromatic N) is 6. The van der Waals surface area contributed by atoms with Gasteiger partial charge in [0, 0.05) is 18.7 Å². The van der Waals surface area contributed by atoms with Gasteiger partial charge in [-0.05, 0) is 43.9 Å². The second-order valence-corrected chi connectivity index (χ2v) is 9.59. The number of allylic oxidation sites excluding steroid dienone is 2. The number of ether oxygens (including phenoxy) is 3. The van der Waals surface area contributed by atoms with Gasteiger partial charge in [0.15, 0.2) is 17.3 Å². The Morgan fingerprint density at radius 2 is 1.86 bits per heavy atom. The molecule has 0 bridgehead atoms. The van der Waals surface area contributed by atoms with Crippen molar-refractivity contribution in [2.75, 3.05) is 14.2 Å². The molecular formula is C29H28F4N6O3. The van der Waals surface area contributed by atoms with E-state index in [1.807, 2.05) is 13.0 Å². The minimum absolute atomic E-state index is 0.0552. The Morgan fingerprint density at radius 1 is 1.05 bits per heavy atom. The van der Waals surface area contributed by atoms with Crippen LogP contribution < -0.4 is 14.2 Å². The highest BCUT2D eigenvalue weighted by Gasteiger charge is 2.35. The summed E-state index contributed by atoms with van der Waals surface area (Å²) in [5.41, 5.74) is 0.630. The van der Waals surface area contributed by atoms with E-state index in [-0.39, 0.29) is 47.9 Å². The molecule has 0 aliphatic heterocycles. The number of hydrogen-bond donors (Lipinski definition) is 0. The van der Waals surface area contributed by atoms with Crippen LogP contribution in [0.25, 0.3) is 22.8 Å². The number of methoxy groups -OCH3 is 2. The van der Waals surface area contributed by atoms with Crippen LogP contribution in [0.4, 0.5) is 17.6 Å². The summed E-state index contributed by atoms with van der Waals surface area (Å²) in [6.07, 6.45) is 5.19. The van der Waals surface area contributed by atoms with Crippen molar-refractivity contribution in [2.45, 2.75) is 51.4 Å². The van der Waals surface area contributed by atoms with E-state index in [0.717, 1.165) is 24.7 Å². The van der Waals surface area contributed by atoms with Crippen molar-refractivity contribution in [1.82, 2.24) is 29.5 Å². The van der Waals surface area contributed by atoms with Gasteiger partial charge in [-0.1, -0.05) is 18.2 Å². The van der Waals surface area contributed by atoms with Crippen molar-refractivity contribution in [3.8, 4) is 40.3 Å². The quantitative estimate of drug-likeness (QED) is 0.148. The van der Waals surface area contributed by atoms with Crippen molar-refractivity contribution >= 4 is 0 Å². The highest BCUT2D eigenvalue weighted by atomic mass is 19.4. The summed E-state index contributed by atoms with van der Waals surface area (Å²) in [5, 5.41) is 0. The topological polar surface area (TPSA) is 97.1 Å². The van der Waals surface area contributed by atoms with E-state index in [1.54, 1.807) is 12.1 Å². The van der Waals surface area contributed by atoms with Crippen molar-refractivity contribution < 1.29 is 31.8 Å². The molecule has 0 saturated heterocycles. The van der Waals surface area contributed by atoms with Crippen LogP contribution in [-0.2, 0) is 19.3 Å². The van der Waals surface area contributed by atoms with E-state index in [4.69, 9.17) is 14.2 Å². The Kier molecular flexibility index (Phi) is 8.36. The summed E-state index contributed by atoms with van der Waals surface area (Å²) in [6.45, 7) is 1.92. The number of halogens is 4. The Hall–Kier alpha value is -4.55. The lowest BCUT2D eigenvalue weighted by molar-refractivity contribution is -0.140. The van der Waals surface area contributed by atoms with Gasteiger partial charge in [0.1, 0.15) is 30.1 Å². The molecular weight excluding hydrogens is 556 g/mol. The van der Waals surface area contributed by atoms with Gasteiger partial charge in [0.05, 0.1) is 31.7 Å². The van der Waals surface area contributed by atoms with Gasteiger partial charge in [-0.3, -0.25) is 0 Å². The molecule has 1 aromatic carbocycles. The fourth-order valence-electron chi connectivity index (χ4n) is 4.43. The van der Waals surface area contributed by atoms with Gasteiger partial charge >= 0.3 is 6.18 Å². The Bertz CT molecular complexity index is 1600. The Morgan fingerprint density at radius 3 is 2.52 bits per heavy atom. The SMILES string of the molecule is C/C=C/CCn1cc(C(F)(F)F)nc1-c1ccc(COc2nc(-c3c(OC)ncnc3C3CC3)ncc2OC)cc1F. The van der Waals surface area contributed by atoms with E-state index < -0.39 is 17.7 Å². The van der Waals surface area contributed by atoms with E-state index in [0.29, 0.717) is 23.4 Å². The zero-order chi connectivity index (χ0) is 29.9. The summed E-state index contributed by atoms with van der Waals surface area (Å²) in [4.78, 5) is 21.2. The molecule has 1 aliphatic rings. The second kappa shape index (κ2) is 12.1.